The van der Waals surface area contributed by atoms with E-state index in [0.717, 1.165) is 98.9 Å². The van der Waals surface area contributed by atoms with E-state index in [1.807, 2.05) is 42.5 Å². The first-order valence-electron chi connectivity index (χ1n) is 22.5. The summed E-state index contributed by atoms with van der Waals surface area (Å²) in [5, 5.41) is 18.4. The highest BCUT2D eigenvalue weighted by Gasteiger charge is 2.33. The van der Waals surface area contributed by atoms with Gasteiger partial charge >= 0.3 is 0 Å². The SMILES string of the molecule is [C-]#[N+]c1c(-c2ccccc2)c(C#N)c(-n2c3ccccc3c3ccccc32)c(-n2c3ccc(-c4ccccc4)cc3c3cc(-c4ccccc4)ccc32)c1-n1c2ccccc2c2ccccc21. The molecule has 0 fully saturated rings. The predicted molar refractivity (Wildman–Crippen MR) is 277 cm³/mol. The molecule has 0 unspecified atom stereocenters. The van der Waals surface area contributed by atoms with Gasteiger partial charge in [-0.25, -0.2) is 4.85 Å². The second kappa shape index (κ2) is 15.1. The van der Waals surface area contributed by atoms with E-state index in [1.165, 1.54) is 0 Å². The Labute approximate surface area is 386 Å². The monoisotopic (exact) mass is 851 g/mol. The first-order chi connectivity index (χ1) is 33.2. The Kier molecular flexibility index (Phi) is 8.58. The highest BCUT2D eigenvalue weighted by Crippen LogP contribution is 2.52. The van der Waals surface area contributed by atoms with Crippen molar-refractivity contribution in [2.75, 3.05) is 0 Å². The Balaban J connectivity index is 1.32. The van der Waals surface area contributed by atoms with Crippen LogP contribution in [0.25, 0.3) is 121 Å². The summed E-state index contributed by atoms with van der Waals surface area (Å²) in [5.41, 5.74) is 14.5. The van der Waals surface area contributed by atoms with Crippen molar-refractivity contribution in [3.05, 3.63) is 241 Å². The minimum atomic E-state index is 0.394. The molecule has 0 aliphatic rings. The first kappa shape index (κ1) is 38.1. The van der Waals surface area contributed by atoms with Gasteiger partial charge in [-0.3, -0.25) is 0 Å². The van der Waals surface area contributed by atoms with Crippen LogP contribution in [0.1, 0.15) is 5.56 Å². The fraction of sp³-hybridized carbons (Fsp3) is 0. The molecule has 0 radical (unpaired) electrons. The van der Waals surface area contributed by atoms with E-state index < -0.39 is 0 Å². The Bertz CT molecular complexity index is 3860. The second-order valence-corrected chi connectivity index (χ2v) is 17.0. The molecular formula is C62H37N5. The molecular weight excluding hydrogens is 815 g/mol. The van der Waals surface area contributed by atoms with Crippen molar-refractivity contribution >= 4 is 71.1 Å². The van der Waals surface area contributed by atoms with Gasteiger partial charge in [0.25, 0.3) is 0 Å². The average molecular weight is 852 g/mol. The van der Waals surface area contributed by atoms with Gasteiger partial charge in [0.1, 0.15) is 6.07 Å². The number of fused-ring (bicyclic) bond motifs is 9. The number of benzene rings is 10. The van der Waals surface area contributed by atoms with Crippen LogP contribution in [-0.4, -0.2) is 13.7 Å². The lowest BCUT2D eigenvalue weighted by Gasteiger charge is -2.27. The van der Waals surface area contributed by atoms with Crippen LogP contribution < -0.4 is 0 Å². The van der Waals surface area contributed by atoms with Crippen molar-refractivity contribution in [3.63, 3.8) is 0 Å². The van der Waals surface area contributed by atoms with Gasteiger partial charge in [-0.2, -0.15) is 5.26 Å². The van der Waals surface area contributed by atoms with E-state index in [2.05, 4.69) is 207 Å². The van der Waals surface area contributed by atoms with Crippen molar-refractivity contribution in [2.45, 2.75) is 0 Å². The van der Waals surface area contributed by atoms with Crippen molar-refractivity contribution < 1.29 is 0 Å². The normalized spacial score (nSPS) is 11.6. The van der Waals surface area contributed by atoms with Crippen molar-refractivity contribution in [1.29, 1.82) is 5.26 Å². The third kappa shape index (κ3) is 5.66. The summed E-state index contributed by atoms with van der Waals surface area (Å²) in [7, 11) is 0. The molecule has 5 heteroatoms. The first-order valence-corrected chi connectivity index (χ1v) is 22.5. The third-order valence-electron chi connectivity index (χ3n) is 13.5. The average Bonchev–Trinajstić information content (AvgIpc) is 4.03. The van der Waals surface area contributed by atoms with Gasteiger partial charge in [0.2, 0.25) is 5.69 Å². The third-order valence-corrected chi connectivity index (χ3v) is 13.5. The topological polar surface area (TPSA) is 42.9 Å². The smallest absolute Gasteiger partial charge is 0.221 e. The van der Waals surface area contributed by atoms with E-state index in [0.29, 0.717) is 28.2 Å². The number of nitrogens with zero attached hydrogens (tertiary/aromatic N) is 5. The second-order valence-electron chi connectivity index (χ2n) is 17.0. The van der Waals surface area contributed by atoms with Crippen LogP contribution in [0.15, 0.2) is 224 Å². The van der Waals surface area contributed by atoms with E-state index in [4.69, 9.17) is 0 Å². The molecule has 0 aliphatic carbocycles. The highest BCUT2D eigenvalue weighted by molar-refractivity contribution is 6.16. The maximum Gasteiger partial charge on any atom is 0.221 e. The predicted octanol–water partition coefficient (Wildman–Crippen LogP) is 16.4. The van der Waals surface area contributed by atoms with Crippen LogP contribution >= 0.6 is 0 Å². The lowest BCUT2D eigenvalue weighted by Crippen LogP contribution is -2.13. The molecule has 310 valence electrons. The number of nitriles is 1. The summed E-state index contributed by atoms with van der Waals surface area (Å²) in [5.74, 6) is 0. The minimum Gasteiger partial charge on any atom is -0.317 e. The standard InChI is InChI=1S/C62H37N5/c1-64-59-58(42-23-9-4-10-24-42)51(39-63)60(65-52-29-15-11-25-45(52)46-26-12-16-30-53(46)65)62(61(59)66-54-31-17-13-27-47(54)48-28-14-18-32-55(48)66)67-56-35-33-43(40-19-5-2-6-20-40)37-49(56)50-38-44(34-36-57(50)67)41-21-7-3-8-22-41/h2-38H. The summed E-state index contributed by atoms with van der Waals surface area (Å²) in [6.07, 6.45) is 0. The summed E-state index contributed by atoms with van der Waals surface area (Å²) in [6.45, 7) is 9.35. The van der Waals surface area contributed by atoms with Gasteiger partial charge in [-0.1, -0.05) is 176 Å². The molecule has 0 amide bonds. The van der Waals surface area contributed by atoms with Crippen LogP contribution in [0, 0.1) is 17.9 Å². The molecule has 10 aromatic carbocycles. The highest BCUT2D eigenvalue weighted by atomic mass is 15.1. The lowest BCUT2D eigenvalue weighted by atomic mass is 9.93. The molecule has 3 aromatic heterocycles. The van der Waals surface area contributed by atoms with Crippen LogP contribution in [0.3, 0.4) is 0 Å². The zero-order valence-corrected chi connectivity index (χ0v) is 36.1. The van der Waals surface area contributed by atoms with Crippen LogP contribution in [0.5, 0.6) is 0 Å². The van der Waals surface area contributed by atoms with Gasteiger partial charge < -0.3 is 13.7 Å². The fourth-order valence-corrected chi connectivity index (χ4v) is 10.7. The molecule has 0 aliphatic heterocycles. The van der Waals surface area contributed by atoms with Gasteiger partial charge in [0.15, 0.2) is 0 Å². The van der Waals surface area contributed by atoms with E-state index >= 15 is 0 Å². The fourth-order valence-electron chi connectivity index (χ4n) is 10.7. The Morgan fingerprint density at radius 2 is 0.672 bits per heavy atom. The molecule has 0 spiro atoms. The van der Waals surface area contributed by atoms with Crippen molar-refractivity contribution in [3.8, 4) is 56.5 Å². The maximum absolute atomic E-state index is 12.0. The molecule has 0 saturated heterocycles. The summed E-state index contributed by atoms with van der Waals surface area (Å²) in [4.78, 5) is 4.57. The van der Waals surface area contributed by atoms with E-state index in [1.54, 1.807) is 0 Å². The van der Waals surface area contributed by atoms with Crippen molar-refractivity contribution in [2.24, 2.45) is 0 Å². The number of hydrogen-bond acceptors (Lipinski definition) is 1. The molecule has 5 nitrogen and oxygen atoms in total. The van der Waals surface area contributed by atoms with Gasteiger partial charge in [-0.05, 0) is 76.3 Å². The number of rotatable bonds is 6. The largest absolute Gasteiger partial charge is 0.317 e. The molecule has 3 heterocycles. The molecule has 13 rings (SSSR count). The summed E-state index contributed by atoms with van der Waals surface area (Å²) >= 11 is 0. The Morgan fingerprint density at radius 3 is 1.07 bits per heavy atom. The molecule has 67 heavy (non-hydrogen) atoms. The number of para-hydroxylation sites is 4. The molecule has 0 atom stereocenters. The maximum atomic E-state index is 12.0. The quantitative estimate of drug-likeness (QED) is 0.154. The zero-order chi connectivity index (χ0) is 44.6. The van der Waals surface area contributed by atoms with Crippen LogP contribution in [-0.2, 0) is 0 Å². The zero-order valence-electron chi connectivity index (χ0n) is 36.1. The van der Waals surface area contributed by atoms with Gasteiger partial charge in [0.05, 0.1) is 62.3 Å². The lowest BCUT2D eigenvalue weighted by molar-refractivity contribution is 1.05. The number of hydrogen-bond donors (Lipinski definition) is 0. The molecule has 0 bridgehead atoms. The Morgan fingerprint density at radius 1 is 0.328 bits per heavy atom. The Hall–Kier alpha value is -9.42. The van der Waals surface area contributed by atoms with Gasteiger partial charge in [-0.15, -0.1) is 0 Å². The van der Waals surface area contributed by atoms with Gasteiger partial charge in [0, 0.05) is 37.9 Å². The molecule has 0 N–H and O–H groups in total. The molecule has 13 aromatic rings. The van der Waals surface area contributed by atoms with E-state index in [-0.39, 0.29) is 0 Å². The molecule has 0 saturated carbocycles. The minimum absolute atomic E-state index is 0.394. The van der Waals surface area contributed by atoms with Crippen LogP contribution in [0.4, 0.5) is 5.69 Å². The van der Waals surface area contributed by atoms with E-state index in [9.17, 15) is 11.8 Å². The summed E-state index contributed by atoms with van der Waals surface area (Å²) in [6, 6.07) is 81.1. The summed E-state index contributed by atoms with van der Waals surface area (Å²) < 4.78 is 6.91. The van der Waals surface area contributed by atoms with Crippen molar-refractivity contribution in [1.82, 2.24) is 13.7 Å². The van der Waals surface area contributed by atoms with Crippen LogP contribution in [0.2, 0.25) is 0 Å². The number of aromatic nitrogens is 3.